The van der Waals surface area contributed by atoms with Crippen LogP contribution in [-0.2, 0) is 18.4 Å². The van der Waals surface area contributed by atoms with Crippen molar-refractivity contribution in [2.45, 2.75) is 25.3 Å². The van der Waals surface area contributed by atoms with Crippen molar-refractivity contribution < 1.29 is 27.2 Å². The Morgan fingerprint density at radius 3 is 1.84 bits per heavy atom. The second-order valence-corrected chi connectivity index (χ2v) is 7.35. The second kappa shape index (κ2) is 7.34. The average Bonchev–Trinajstić information content (AvgIpc) is 3.00. The highest BCUT2D eigenvalue weighted by Crippen LogP contribution is 2.50. The van der Waals surface area contributed by atoms with Gasteiger partial charge < -0.3 is 0 Å². The summed E-state index contributed by atoms with van der Waals surface area (Å²) in [5.74, 6) is -10.1. The molecule has 1 aliphatic heterocycles. The molecule has 1 aliphatic rings. The number of amides is 2. The largest absolute Gasteiger partial charge is 0.340 e. The predicted octanol–water partition coefficient (Wildman–Crippen LogP) is 5.68. The monoisotopic (exact) mass is 427 g/mol. The zero-order valence-corrected chi connectivity index (χ0v) is 16.4. The number of carbonyl (C=O) groups is 2. The summed E-state index contributed by atoms with van der Waals surface area (Å²) in [5.41, 5.74) is -1.11. The van der Waals surface area contributed by atoms with Crippen molar-refractivity contribution in [2.75, 3.05) is 0 Å². The van der Waals surface area contributed by atoms with E-state index in [1.165, 1.54) is 49.4 Å². The van der Waals surface area contributed by atoms with Gasteiger partial charge in [0.15, 0.2) is 0 Å². The molecule has 0 unspecified atom stereocenters. The van der Waals surface area contributed by atoms with E-state index < -0.39 is 34.8 Å². The van der Waals surface area contributed by atoms with Gasteiger partial charge >= 0.3 is 11.8 Å². The number of benzene rings is 3. The molecule has 0 saturated heterocycles. The minimum atomic E-state index is -4.50. The van der Waals surface area contributed by atoms with Crippen LogP contribution in [0.25, 0.3) is 0 Å². The van der Waals surface area contributed by atoms with Gasteiger partial charge in [0.2, 0.25) is 0 Å². The van der Waals surface area contributed by atoms with Gasteiger partial charge in [-0.05, 0) is 30.2 Å². The third-order valence-corrected chi connectivity index (χ3v) is 5.52. The van der Waals surface area contributed by atoms with Gasteiger partial charge in [-0.25, -0.2) is 0 Å². The number of alkyl halides is 4. The Morgan fingerprint density at radius 2 is 1.26 bits per heavy atom. The summed E-state index contributed by atoms with van der Waals surface area (Å²) in [6.07, 6.45) is 0. The van der Waals surface area contributed by atoms with Crippen LogP contribution in [-0.4, -0.2) is 16.7 Å². The van der Waals surface area contributed by atoms with E-state index in [9.17, 15) is 18.4 Å². The van der Waals surface area contributed by atoms with Crippen molar-refractivity contribution >= 4 is 11.8 Å². The highest BCUT2D eigenvalue weighted by Gasteiger charge is 2.59. The van der Waals surface area contributed by atoms with Crippen molar-refractivity contribution in [2.24, 2.45) is 0 Å². The Labute approximate surface area is 175 Å². The van der Waals surface area contributed by atoms with E-state index in [1.807, 2.05) is 0 Å². The molecule has 0 atom stereocenters. The summed E-state index contributed by atoms with van der Waals surface area (Å²) in [6, 6.07) is 15.8. The topological polar surface area (TPSA) is 37.4 Å². The third kappa shape index (κ3) is 3.21. The van der Waals surface area contributed by atoms with Gasteiger partial charge in [-0.3, -0.25) is 14.5 Å². The van der Waals surface area contributed by atoms with E-state index in [0.717, 1.165) is 23.1 Å². The molecule has 3 aromatic carbocycles. The molecule has 7 heteroatoms. The van der Waals surface area contributed by atoms with E-state index in [-0.39, 0.29) is 28.8 Å². The molecule has 3 aromatic rings. The number of hydrogen-bond donors (Lipinski definition) is 0. The first-order valence-electron chi connectivity index (χ1n) is 9.51. The number of imide groups is 1. The van der Waals surface area contributed by atoms with Crippen LogP contribution in [0.1, 0.15) is 43.0 Å². The molecule has 31 heavy (non-hydrogen) atoms. The average molecular weight is 427 g/mol. The zero-order chi connectivity index (χ0) is 22.4. The normalized spacial score (nSPS) is 14.2. The smallest absolute Gasteiger partial charge is 0.270 e. The standard InChI is InChI=1S/C24H17F4NO2/c1-15-16(14-29-21(30)18-11-5-6-12-19(18)22(29)31)8-7-13-20(15)24(27,28)23(25,26)17-9-3-2-4-10-17/h2-13H,14H2,1H3. The maximum Gasteiger partial charge on any atom is 0.340 e. The first-order valence-corrected chi connectivity index (χ1v) is 9.51. The Balaban J connectivity index is 1.70. The van der Waals surface area contributed by atoms with Crippen LogP contribution in [0.5, 0.6) is 0 Å². The van der Waals surface area contributed by atoms with Gasteiger partial charge in [0, 0.05) is 11.1 Å². The molecule has 1 heterocycles. The fraction of sp³-hybridized carbons (Fsp3) is 0.167. The minimum absolute atomic E-state index is 0.0975. The van der Waals surface area contributed by atoms with E-state index in [0.29, 0.717) is 0 Å². The van der Waals surface area contributed by atoms with Gasteiger partial charge in [0.1, 0.15) is 0 Å². The Bertz CT molecular complexity index is 1140. The van der Waals surface area contributed by atoms with Gasteiger partial charge in [-0.15, -0.1) is 0 Å². The van der Waals surface area contributed by atoms with Crippen LogP contribution in [0, 0.1) is 6.92 Å². The molecule has 0 spiro atoms. The minimum Gasteiger partial charge on any atom is -0.270 e. The van der Waals surface area contributed by atoms with Gasteiger partial charge in [-0.2, -0.15) is 17.6 Å². The summed E-state index contributed by atoms with van der Waals surface area (Å²) >= 11 is 0. The number of fused-ring (bicyclic) bond motifs is 1. The fourth-order valence-corrected chi connectivity index (χ4v) is 3.75. The van der Waals surface area contributed by atoms with Crippen LogP contribution < -0.4 is 0 Å². The van der Waals surface area contributed by atoms with Crippen molar-refractivity contribution in [3.05, 3.63) is 106 Å². The number of nitrogens with zero attached hydrogens (tertiary/aromatic N) is 1. The molecule has 4 rings (SSSR count). The lowest BCUT2D eigenvalue weighted by molar-refractivity contribution is -0.224. The third-order valence-electron chi connectivity index (χ3n) is 5.52. The molecule has 0 saturated carbocycles. The summed E-state index contributed by atoms with van der Waals surface area (Å²) < 4.78 is 59.6. The Morgan fingerprint density at radius 1 is 0.710 bits per heavy atom. The number of halogens is 4. The molecule has 0 aromatic heterocycles. The Kier molecular flexibility index (Phi) is 4.92. The maximum absolute atomic E-state index is 15.0. The van der Waals surface area contributed by atoms with Gasteiger partial charge in [0.25, 0.3) is 11.8 Å². The van der Waals surface area contributed by atoms with E-state index in [1.54, 1.807) is 12.1 Å². The molecule has 2 amide bonds. The second-order valence-electron chi connectivity index (χ2n) is 7.35. The molecular formula is C24H17F4NO2. The van der Waals surface area contributed by atoms with E-state index in [2.05, 4.69) is 0 Å². The molecule has 158 valence electrons. The molecule has 0 radical (unpaired) electrons. The lowest BCUT2D eigenvalue weighted by Crippen LogP contribution is -2.36. The lowest BCUT2D eigenvalue weighted by atomic mass is 9.91. The van der Waals surface area contributed by atoms with Gasteiger partial charge in [0.05, 0.1) is 17.7 Å². The van der Waals surface area contributed by atoms with Crippen LogP contribution in [0.4, 0.5) is 17.6 Å². The van der Waals surface area contributed by atoms with Crippen molar-refractivity contribution in [1.29, 1.82) is 0 Å². The molecular weight excluding hydrogens is 410 g/mol. The van der Waals surface area contributed by atoms with Crippen LogP contribution in [0.2, 0.25) is 0 Å². The predicted molar refractivity (Wildman–Crippen MR) is 106 cm³/mol. The quantitative estimate of drug-likeness (QED) is 0.388. The van der Waals surface area contributed by atoms with Crippen molar-refractivity contribution in [1.82, 2.24) is 4.90 Å². The Hall–Kier alpha value is -3.48. The first-order chi connectivity index (χ1) is 14.7. The van der Waals surface area contributed by atoms with E-state index >= 15 is 8.78 Å². The molecule has 0 bridgehead atoms. The van der Waals surface area contributed by atoms with Crippen LogP contribution in [0.15, 0.2) is 72.8 Å². The highest BCUT2D eigenvalue weighted by atomic mass is 19.3. The maximum atomic E-state index is 15.0. The fourth-order valence-electron chi connectivity index (χ4n) is 3.75. The summed E-state index contributed by atoms with van der Waals surface area (Å²) in [7, 11) is 0. The number of rotatable bonds is 5. The van der Waals surface area contributed by atoms with Crippen molar-refractivity contribution in [3.63, 3.8) is 0 Å². The number of hydrogen-bond acceptors (Lipinski definition) is 2. The molecule has 0 fully saturated rings. The van der Waals surface area contributed by atoms with Crippen LogP contribution in [0.3, 0.4) is 0 Å². The summed E-state index contributed by atoms with van der Waals surface area (Å²) in [4.78, 5) is 26.1. The summed E-state index contributed by atoms with van der Waals surface area (Å²) in [6.45, 7) is 0.997. The SMILES string of the molecule is Cc1c(CN2C(=O)c3ccccc3C2=O)cccc1C(F)(F)C(F)(F)c1ccccc1. The van der Waals surface area contributed by atoms with Crippen molar-refractivity contribution in [3.8, 4) is 0 Å². The lowest BCUT2D eigenvalue weighted by Gasteiger charge is -2.29. The number of carbonyl (C=O) groups excluding carboxylic acids is 2. The molecule has 0 N–H and O–H groups in total. The highest BCUT2D eigenvalue weighted by molar-refractivity contribution is 6.21. The molecule has 0 aliphatic carbocycles. The first kappa shape index (κ1) is 20.8. The van der Waals surface area contributed by atoms with E-state index in [4.69, 9.17) is 0 Å². The van der Waals surface area contributed by atoms with Crippen LogP contribution >= 0.6 is 0 Å². The summed E-state index contributed by atoms with van der Waals surface area (Å²) in [5, 5.41) is 0. The molecule has 3 nitrogen and oxygen atoms in total. The zero-order valence-electron chi connectivity index (χ0n) is 16.4. The van der Waals surface area contributed by atoms with Gasteiger partial charge in [-0.1, -0.05) is 60.7 Å².